The Kier molecular flexibility index (Phi) is 2.86. The van der Waals surface area contributed by atoms with E-state index in [4.69, 9.17) is 0 Å². The van der Waals surface area contributed by atoms with Crippen LogP contribution < -0.4 is 0 Å². The van der Waals surface area contributed by atoms with Gasteiger partial charge in [0.1, 0.15) is 0 Å². The van der Waals surface area contributed by atoms with E-state index in [0.29, 0.717) is 0 Å². The maximum atomic E-state index is 11.0. The lowest BCUT2D eigenvalue weighted by Gasteiger charge is -2.09. The minimum atomic E-state index is 0.750. The minimum absolute atomic E-state index is 0.750. The molecule has 0 unspecified atom stereocenters. The lowest BCUT2D eigenvalue weighted by atomic mass is 9.95. The topological polar surface area (TPSA) is 17.1 Å². The van der Waals surface area contributed by atoms with Crippen LogP contribution in [-0.4, -0.2) is 6.29 Å². The number of carbonyl (C=O) groups excluding carboxylic acids is 1. The highest BCUT2D eigenvalue weighted by Crippen LogP contribution is 2.26. The van der Waals surface area contributed by atoms with Crippen LogP contribution in [0, 0.1) is 13.8 Å². The second kappa shape index (κ2) is 4.31. The summed E-state index contributed by atoms with van der Waals surface area (Å²) in [6.45, 7) is 4.10. The summed E-state index contributed by atoms with van der Waals surface area (Å²) in [6.07, 6.45) is 0.918. The van der Waals surface area contributed by atoms with Crippen molar-refractivity contribution in [1.82, 2.24) is 0 Å². The number of hydrogen-bond donors (Lipinski definition) is 0. The SMILES string of the molecule is Cc1ccc(C=O)c(-c2ccccc2C)c1. The van der Waals surface area contributed by atoms with Gasteiger partial charge < -0.3 is 0 Å². The first-order chi connectivity index (χ1) is 7.72. The highest BCUT2D eigenvalue weighted by molar-refractivity contribution is 5.88. The van der Waals surface area contributed by atoms with Crippen molar-refractivity contribution in [1.29, 1.82) is 0 Å². The van der Waals surface area contributed by atoms with Crippen molar-refractivity contribution >= 4 is 6.29 Å². The van der Waals surface area contributed by atoms with Gasteiger partial charge in [0.15, 0.2) is 6.29 Å². The molecule has 16 heavy (non-hydrogen) atoms. The van der Waals surface area contributed by atoms with E-state index in [1.165, 1.54) is 11.1 Å². The van der Waals surface area contributed by atoms with Crippen LogP contribution in [0.5, 0.6) is 0 Å². The van der Waals surface area contributed by atoms with E-state index in [-0.39, 0.29) is 0 Å². The Balaban J connectivity index is 2.67. The van der Waals surface area contributed by atoms with E-state index in [1.807, 2.05) is 31.2 Å². The van der Waals surface area contributed by atoms with E-state index in [1.54, 1.807) is 0 Å². The van der Waals surface area contributed by atoms with E-state index in [0.717, 1.165) is 23.0 Å². The van der Waals surface area contributed by atoms with Crippen LogP contribution >= 0.6 is 0 Å². The molecule has 1 heteroatoms. The Morgan fingerprint density at radius 2 is 1.69 bits per heavy atom. The maximum Gasteiger partial charge on any atom is 0.150 e. The summed E-state index contributed by atoms with van der Waals surface area (Å²) in [7, 11) is 0. The van der Waals surface area contributed by atoms with Crippen molar-refractivity contribution in [3.8, 4) is 11.1 Å². The van der Waals surface area contributed by atoms with Gasteiger partial charge in [-0.15, -0.1) is 0 Å². The smallest absolute Gasteiger partial charge is 0.150 e. The van der Waals surface area contributed by atoms with Gasteiger partial charge in [-0.25, -0.2) is 0 Å². The van der Waals surface area contributed by atoms with Crippen LogP contribution in [0.2, 0.25) is 0 Å². The Hall–Kier alpha value is -1.89. The fourth-order valence-corrected chi connectivity index (χ4v) is 1.88. The van der Waals surface area contributed by atoms with Gasteiger partial charge in [-0.05, 0) is 30.5 Å². The Bertz CT molecular complexity index is 527. The van der Waals surface area contributed by atoms with Gasteiger partial charge in [0.05, 0.1) is 0 Å². The molecule has 80 valence electrons. The Labute approximate surface area is 95.7 Å². The first kappa shape index (κ1) is 10.6. The molecule has 0 N–H and O–H groups in total. The highest BCUT2D eigenvalue weighted by Gasteiger charge is 2.06. The molecule has 0 atom stereocenters. The molecular formula is C15H14O. The van der Waals surface area contributed by atoms with Gasteiger partial charge in [0.2, 0.25) is 0 Å². The summed E-state index contributed by atoms with van der Waals surface area (Å²) in [5, 5.41) is 0. The van der Waals surface area contributed by atoms with Gasteiger partial charge in [-0.3, -0.25) is 4.79 Å². The largest absolute Gasteiger partial charge is 0.298 e. The van der Waals surface area contributed by atoms with Crippen molar-refractivity contribution in [2.24, 2.45) is 0 Å². The van der Waals surface area contributed by atoms with E-state index >= 15 is 0 Å². The third-order valence-corrected chi connectivity index (χ3v) is 2.77. The van der Waals surface area contributed by atoms with Crippen molar-refractivity contribution in [3.05, 3.63) is 59.2 Å². The minimum Gasteiger partial charge on any atom is -0.298 e. The average Bonchev–Trinajstić information content (AvgIpc) is 2.29. The van der Waals surface area contributed by atoms with Crippen molar-refractivity contribution in [2.45, 2.75) is 13.8 Å². The predicted molar refractivity (Wildman–Crippen MR) is 66.7 cm³/mol. The van der Waals surface area contributed by atoms with Crippen molar-refractivity contribution in [2.75, 3.05) is 0 Å². The second-order valence-corrected chi connectivity index (χ2v) is 4.02. The Morgan fingerprint density at radius 3 is 2.38 bits per heavy atom. The summed E-state index contributed by atoms with van der Waals surface area (Å²) >= 11 is 0. The van der Waals surface area contributed by atoms with Crippen LogP contribution in [0.15, 0.2) is 42.5 Å². The molecular weight excluding hydrogens is 196 g/mol. The van der Waals surface area contributed by atoms with Crippen LogP contribution in [0.25, 0.3) is 11.1 Å². The molecule has 1 nitrogen and oxygen atoms in total. The van der Waals surface area contributed by atoms with Crippen LogP contribution in [-0.2, 0) is 0 Å². The van der Waals surface area contributed by atoms with Gasteiger partial charge in [0, 0.05) is 5.56 Å². The first-order valence-electron chi connectivity index (χ1n) is 5.34. The van der Waals surface area contributed by atoms with Crippen LogP contribution in [0.4, 0.5) is 0 Å². The molecule has 0 fully saturated rings. The lowest BCUT2D eigenvalue weighted by molar-refractivity contribution is 0.112. The molecule has 0 saturated heterocycles. The summed E-state index contributed by atoms with van der Waals surface area (Å²) in [6, 6.07) is 14.0. The molecule has 0 spiro atoms. The standard InChI is InChI=1S/C15H14O/c1-11-7-8-13(10-16)15(9-11)14-6-4-3-5-12(14)2/h3-10H,1-2H3. The second-order valence-electron chi connectivity index (χ2n) is 4.02. The normalized spacial score (nSPS) is 10.1. The number of rotatable bonds is 2. The third-order valence-electron chi connectivity index (χ3n) is 2.77. The average molecular weight is 210 g/mol. The van der Waals surface area contributed by atoms with Crippen molar-refractivity contribution < 1.29 is 4.79 Å². The molecule has 2 aromatic carbocycles. The molecule has 2 aromatic rings. The zero-order valence-corrected chi connectivity index (χ0v) is 9.53. The number of benzene rings is 2. The molecule has 0 saturated carbocycles. The molecule has 0 bridgehead atoms. The fraction of sp³-hybridized carbons (Fsp3) is 0.133. The zero-order valence-electron chi connectivity index (χ0n) is 9.53. The monoisotopic (exact) mass is 210 g/mol. The van der Waals surface area contributed by atoms with Crippen LogP contribution in [0.3, 0.4) is 0 Å². The summed E-state index contributed by atoms with van der Waals surface area (Å²) < 4.78 is 0. The highest BCUT2D eigenvalue weighted by atomic mass is 16.1. The van der Waals surface area contributed by atoms with E-state index in [2.05, 4.69) is 25.1 Å². The molecule has 0 aliphatic heterocycles. The molecule has 0 aliphatic carbocycles. The van der Waals surface area contributed by atoms with Crippen LogP contribution in [0.1, 0.15) is 21.5 Å². The number of aryl methyl sites for hydroxylation is 2. The fourth-order valence-electron chi connectivity index (χ4n) is 1.88. The zero-order chi connectivity index (χ0) is 11.5. The maximum absolute atomic E-state index is 11.0. The predicted octanol–water partition coefficient (Wildman–Crippen LogP) is 3.78. The Morgan fingerprint density at radius 1 is 0.938 bits per heavy atom. The third kappa shape index (κ3) is 1.89. The molecule has 0 amide bonds. The van der Waals surface area contributed by atoms with Crippen molar-refractivity contribution in [3.63, 3.8) is 0 Å². The summed E-state index contributed by atoms with van der Waals surface area (Å²) in [5.41, 5.74) is 5.27. The quantitative estimate of drug-likeness (QED) is 0.689. The summed E-state index contributed by atoms with van der Waals surface area (Å²) in [4.78, 5) is 11.0. The molecule has 2 rings (SSSR count). The van der Waals surface area contributed by atoms with E-state index in [9.17, 15) is 4.79 Å². The number of aldehydes is 1. The van der Waals surface area contributed by atoms with E-state index < -0.39 is 0 Å². The molecule has 0 aromatic heterocycles. The molecule has 0 aliphatic rings. The molecule has 0 radical (unpaired) electrons. The van der Waals surface area contributed by atoms with Gasteiger partial charge in [0.25, 0.3) is 0 Å². The van der Waals surface area contributed by atoms with Gasteiger partial charge in [-0.2, -0.15) is 0 Å². The molecule has 0 heterocycles. The van der Waals surface area contributed by atoms with Gasteiger partial charge >= 0.3 is 0 Å². The van der Waals surface area contributed by atoms with Gasteiger partial charge in [-0.1, -0.05) is 48.0 Å². The lowest BCUT2D eigenvalue weighted by Crippen LogP contribution is -1.90. The summed E-state index contributed by atoms with van der Waals surface area (Å²) in [5.74, 6) is 0. The number of carbonyl (C=O) groups is 1. The first-order valence-corrected chi connectivity index (χ1v) is 5.34. The number of hydrogen-bond acceptors (Lipinski definition) is 1.